The maximum Gasteiger partial charge on any atom is 0.147 e. The predicted molar refractivity (Wildman–Crippen MR) is 79.8 cm³/mol. The van der Waals surface area contributed by atoms with Crippen LogP contribution >= 0.6 is 11.3 Å². The number of benzene rings is 1. The van der Waals surface area contributed by atoms with Crippen LogP contribution in [-0.4, -0.2) is 10.8 Å². The van der Waals surface area contributed by atoms with Gasteiger partial charge in [-0.3, -0.25) is 4.79 Å². The Hall–Kier alpha value is -1.48. The van der Waals surface area contributed by atoms with Crippen LogP contribution in [-0.2, 0) is 11.2 Å². The van der Waals surface area contributed by atoms with Gasteiger partial charge < -0.3 is 0 Å². The first-order valence-electron chi connectivity index (χ1n) is 6.62. The summed E-state index contributed by atoms with van der Waals surface area (Å²) in [7, 11) is 0. The average Bonchev–Trinajstić information content (AvgIpc) is 2.70. The van der Waals surface area contributed by atoms with Gasteiger partial charge in [0, 0.05) is 10.8 Å². The van der Waals surface area contributed by atoms with E-state index >= 15 is 0 Å². The zero-order chi connectivity index (χ0) is 13.8. The van der Waals surface area contributed by atoms with Gasteiger partial charge in [-0.25, -0.2) is 4.98 Å². The second-order valence-corrected chi connectivity index (χ2v) is 6.05. The number of hydrogen-bond donors (Lipinski definition) is 0. The standard InChI is InChI=1S/C16H19NOS/c1-4-14(13-8-6-5-7-9-13)15(18)10-16-17-11(2)12(3)19-16/h5-9,14H,4,10H2,1-3H3. The minimum Gasteiger partial charge on any atom is -0.299 e. The van der Waals surface area contributed by atoms with E-state index in [1.165, 1.54) is 4.88 Å². The van der Waals surface area contributed by atoms with E-state index in [1.54, 1.807) is 11.3 Å². The molecule has 0 radical (unpaired) electrons. The number of carbonyl (C=O) groups is 1. The maximum absolute atomic E-state index is 12.4. The monoisotopic (exact) mass is 273 g/mol. The van der Waals surface area contributed by atoms with E-state index in [9.17, 15) is 4.79 Å². The summed E-state index contributed by atoms with van der Waals surface area (Å²) in [5.74, 6) is 0.258. The molecule has 2 nitrogen and oxygen atoms in total. The van der Waals surface area contributed by atoms with Crippen LogP contribution in [0.1, 0.15) is 40.4 Å². The molecule has 0 N–H and O–H groups in total. The summed E-state index contributed by atoms with van der Waals surface area (Å²) in [5.41, 5.74) is 2.15. The van der Waals surface area contributed by atoms with Crippen molar-refractivity contribution in [3.8, 4) is 0 Å². The topological polar surface area (TPSA) is 30.0 Å². The Morgan fingerprint density at radius 2 is 1.95 bits per heavy atom. The van der Waals surface area contributed by atoms with Gasteiger partial charge >= 0.3 is 0 Å². The summed E-state index contributed by atoms with van der Waals surface area (Å²) >= 11 is 1.63. The number of nitrogens with zero attached hydrogens (tertiary/aromatic N) is 1. The van der Waals surface area contributed by atoms with Gasteiger partial charge in [0.25, 0.3) is 0 Å². The first-order valence-corrected chi connectivity index (χ1v) is 7.44. The molecule has 2 aromatic rings. The van der Waals surface area contributed by atoms with E-state index in [-0.39, 0.29) is 11.7 Å². The summed E-state index contributed by atoms with van der Waals surface area (Å²) in [6, 6.07) is 10.0. The van der Waals surface area contributed by atoms with Gasteiger partial charge in [0.15, 0.2) is 0 Å². The van der Waals surface area contributed by atoms with Gasteiger partial charge in [-0.05, 0) is 25.8 Å². The fourth-order valence-corrected chi connectivity index (χ4v) is 3.17. The molecule has 1 atom stereocenters. The lowest BCUT2D eigenvalue weighted by Gasteiger charge is -2.13. The van der Waals surface area contributed by atoms with Crippen molar-refractivity contribution in [3.63, 3.8) is 0 Å². The van der Waals surface area contributed by atoms with Crippen LogP contribution < -0.4 is 0 Å². The summed E-state index contributed by atoms with van der Waals surface area (Å²) in [6.45, 7) is 6.11. The maximum atomic E-state index is 12.4. The molecule has 1 aromatic heterocycles. The molecule has 2 rings (SSSR count). The molecular formula is C16H19NOS. The van der Waals surface area contributed by atoms with Gasteiger partial charge in [0.1, 0.15) is 10.8 Å². The van der Waals surface area contributed by atoms with Crippen molar-refractivity contribution in [2.45, 2.75) is 39.5 Å². The highest BCUT2D eigenvalue weighted by Crippen LogP contribution is 2.24. The van der Waals surface area contributed by atoms with Crippen LogP contribution in [0.3, 0.4) is 0 Å². The second kappa shape index (κ2) is 6.11. The van der Waals surface area contributed by atoms with Crippen LogP contribution in [0.5, 0.6) is 0 Å². The van der Waals surface area contributed by atoms with Gasteiger partial charge in [-0.2, -0.15) is 0 Å². The molecule has 0 saturated heterocycles. The molecule has 100 valence electrons. The summed E-state index contributed by atoms with van der Waals surface area (Å²) in [4.78, 5) is 18.1. The third kappa shape index (κ3) is 3.29. The van der Waals surface area contributed by atoms with Crippen LogP contribution in [0.25, 0.3) is 0 Å². The molecule has 0 saturated carbocycles. The average molecular weight is 273 g/mol. The normalized spacial score (nSPS) is 12.4. The molecule has 0 aliphatic carbocycles. The molecule has 0 fully saturated rings. The summed E-state index contributed by atoms with van der Waals surface area (Å²) in [5, 5.41) is 0.939. The first-order chi connectivity index (χ1) is 9.11. The SMILES string of the molecule is CCC(C(=O)Cc1nc(C)c(C)s1)c1ccccc1. The molecule has 1 unspecified atom stereocenters. The predicted octanol–water partition coefficient (Wildman–Crippen LogP) is 4.07. The molecule has 0 amide bonds. The molecule has 3 heteroatoms. The Labute approximate surface area is 118 Å². The third-order valence-electron chi connectivity index (χ3n) is 3.40. The van der Waals surface area contributed by atoms with Crippen LogP contribution in [0, 0.1) is 13.8 Å². The smallest absolute Gasteiger partial charge is 0.147 e. The lowest BCUT2D eigenvalue weighted by molar-refractivity contribution is -0.119. The van der Waals surface area contributed by atoms with Crippen molar-refractivity contribution < 1.29 is 4.79 Å². The highest BCUT2D eigenvalue weighted by Gasteiger charge is 2.20. The van der Waals surface area contributed by atoms with E-state index in [0.29, 0.717) is 6.42 Å². The second-order valence-electron chi connectivity index (χ2n) is 4.76. The third-order valence-corrected chi connectivity index (χ3v) is 4.47. The highest BCUT2D eigenvalue weighted by molar-refractivity contribution is 7.11. The van der Waals surface area contributed by atoms with Gasteiger partial charge in [0.05, 0.1) is 12.1 Å². The number of aromatic nitrogens is 1. The largest absolute Gasteiger partial charge is 0.299 e. The summed E-state index contributed by atoms with van der Waals surface area (Å²) in [6.07, 6.45) is 1.29. The van der Waals surface area contributed by atoms with Crippen LogP contribution in [0.2, 0.25) is 0 Å². The molecule has 0 aliphatic heterocycles. The number of aryl methyl sites for hydroxylation is 2. The number of rotatable bonds is 5. The molecular weight excluding hydrogens is 254 g/mol. The highest BCUT2D eigenvalue weighted by atomic mass is 32.1. The Morgan fingerprint density at radius 3 is 2.47 bits per heavy atom. The van der Waals surface area contributed by atoms with E-state index in [1.807, 2.05) is 37.3 Å². The van der Waals surface area contributed by atoms with Crippen molar-refractivity contribution in [1.29, 1.82) is 0 Å². The Kier molecular flexibility index (Phi) is 4.48. The number of carbonyl (C=O) groups excluding carboxylic acids is 1. The van der Waals surface area contributed by atoms with Crippen LogP contribution in [0.4, 0.5) is 0 Å². The zero-order valence-electron chi connectivity index (χ0n) is 11.6. The number of hydrogen-bond acceptors (Lipinski definition) is 3. The van der Waals surface area contributed by atoms with Gasteiger partial charge in [-0.15, -0.1) is 11.3 Å². The first kappa shape index (κ1) is 13.9. The molecule has 1 heterocycles. The van der Waals surface area contributed by atoms with Gasteiger partial charge in [-0.1, -0.05) is 37.3 Å². The van der Waals surface area contributed by atoms with Gasteiger partial charge in [0.2, 0.25) is 0 Å². The van der Waals surface area contributed by atoms with E-state index in [2.05, 4.69) is 18.8 Å². The number of thiazole rings is 1. The number of ketones is 1. The van der Waals surface area contributed by atoms with Crippen molar-refractivity contribution in [2.24, 2.45) is 0 Å². The quantitative estimate of drug-likeness (QED) is 0.822. The van der Waals surface area contributed by atoms with Crippen molar-refractivity contribution in [3.05, 3.63) is 51.5 Å². The van der Waals surface area contributed by atoms with E-state index < -0.39 is 0 Å². The lowest BCUT2D eigenvalue weighted by atomic mass is 9.91. The fourth-order valence-electron chi connectivity index (χ4n) is 2.22. The number of Topliss-reactive ketones (excluding diaryl/α,β-unsaturated/α-hetero) is 1. The van der Waals surface area contributed by atoms with E-state index in [0.717, 1.165) is 22.7 Å². The van der Waals surface area contributed by atoms with Crippen molar-refractivity contribution in [2.75, 3.05) is 0 Å². The summed E-state index contributed by atoms with van der Waals surface area (Å²) < 4.78 is 0. The van der Waals surface area contributed by atoms with Crippen molar-refractivity contribution >= 4 is 17.1 Å². The minimum absolute atomic E-state index is 0.00860. The van der Waals surface area contributed by atoms with Crippen LogP contribution in [0.15, 0.2) is 30.3 Å². The Bertz CT molecular complexity index is 540. The molecule has 0 spiro atoms. The zero-order valence-corrected chi connectivity index (χ0v) is 12.5. The minimum atomic E-state index is -0.00860. The Morgan fingerprint density at radius 1 is 1.26 bits per heavy atom. The lowest BCUT2D eigenvalue weighted by Crippen LogP contribution is -2.14. The van der Waals surface area contributed by atoms with E-state index in [4.69, 9.17) is 0 Å². The molecule has 19 heavy (non-hydrogen) atoms. The molecule has 0 aliphatic rings. The Balaban J connectivity index is 2.14. The molecule has 0 bridgehead atoms. The van der Waals surface area contributed by atoms with Crippen molar-refractivity contribution in [1.82, 2.24) is 4.98 Å². The fraction of sp³-hybridized carbons (Fsp3) is 0.375. The molecule has 1 aromatic carbocycles.